The van der Waals surface area contributed by atoms with Gasteiger partial charge in [-0.1, -0.05) is 12.1 Å². The fourth-order valence-corrected chi connectivity index (χ4v) is 5.14. The van der Waals surface area contributed by atoms with Gasteiger partial charge in [0.15, 0.2) is 0 Å². The Bertz CT molecular complexity index is 1050. The van der Waals surface area contributed by atoms with E-state index in [1.165, 1.54) is 23.5 Å². The number of carbonyl (C=O) groups is 1. The van der Waals surface area contributed by atoms with Crippen molar-refractivity contribution < 1.29 is 13.9 Å². The van der Waals surface area contributed by atoms with Gasteiger partial charge >= 0.3 is 5.97 Å². The molecule has 1 aromatic carbocycles. The maximum Gasteiger partial charge on any atom is 0.310 e. The van der Waals surface area contributed by atoms with Gasteiger partial charge < -0.3 is 9.64 Å². The molecular formula is C21H21ClFN3O2S. The molecule has 0 aliphatic carbocycles. The molecule has 29 heavy (non-hydrogen) atoms. The lowest BCUT2D eigenvalue weighted by Gasteiger charge is -2.33. The Balaban J connectivity index is 1.81. The molecule has 1 aliphatic heterocycles. The van der Waals surface area contributed by atoms with Crippen LogP contribution in [0, 0.1) is 18.7 Å². The molecule has 8 heteroatoms. The van der Waals surface area contributed by atoms with Gasteiger partial charge in [0.25, 0.3) is 0 Å². The van der Waals surface area contributed by atoms with E-state index in [1.807, 2.05) is 13.8 Å². The summed E-state index contributed by atoms with van der Waals surface area (Å²) in [7, 11) is 0. The number of rotatable bonds is 4. The monoisotopic (exact) mass is 433 g/mol. The minimum Gasteiger partial charge on any atom is -0.466 e. The number of piperidine rings is 1. The molecule has 0 spiro atoms. The lowest BCUT2D eigenvalue weighted by Crippen LogP contribution is -2.40. The molecule has 5 nitrogen and oxygen atoms in total. The highest BCUT2D eigenvalue weighted by Gasteiger charge is 2.30. The van der Waals surface area contributed by atoms with Crippen LogP contribution in [0.4, 0.5) is 10.2 Å². The van der Waals surface area contributed by atoms with Crippen molar-refractivity contribution in [2.75, 3.05) is 24.6 Å². The van der Waals surface area contributed by atoms with E-state index in [-0.39, 0.29) is 23.0 Å². The van der Waals surface area contributed by atoms with E-state index in [0.717, 1.165) is 51.4 Å². The van der Waals surface area contributed by atoms with E-state index < -0.39 is 0 Å². The van der Waals surface area contributed by atoms with Gasteiger partial charge in [-0.15, -0.1) is 11.3 Å². The fraction of sp³-hybridized carbons (Fsp3) is 0.381. The summed E-state index contributed by atoms with van der Waals surface area (Å²) in [6, 6.07) is 6.43. The van der Waals surface area contributed by atoms with Crippen LogP contribution in [0.15, 0.2) is 24.3 Å². The first-order valence-electron chi connectivity index (χ1n) is 9.62. The molecular weight excluding hydrogens is 413 g/mol. The third-order valence-corrected chi connectivity index (χ3v) is 6.32. The van der Waals surface area contributed by atoms with Crippen molar-refractivity contribution in [1.29, 1.82) is 0 Å². The van der Waals surface area contributed by atoms with Crippen LogP contribution in [0.5, 0.6) is 0 Å². The zero-order chi connectivity index (χ0) is 20.5. The molecule has 1 fully saturated rings. The Kier molecular flexibility index (Phi) is 5.69. The van der Waals surface area contributed by atoms with Crippen LogP contribution < -0.4 is 4.90 Å². The van der Waals surface area contributed by atoms with Crippen molar-refractivity contribution in [1.82, 2.24) is 9.97 Å². The number of thiophene rings is 1. The first-order valence-corrected chi connectivity index (χ1v) is 10.8. The van der Waals surface area contributed by atoms with E-state index in [9.17, 15) is 9.18 Å². The number of anilines is 1. The predicted octanol–water partition coefficient (Wildman–Crippen LogP) is 5.24. The number of carbonyl (C=O) groups excluding carboxylic acids is 1. The Morgan fingerprint density at radius 2 is 2.10 bits per heavy atom. The largest absolute Gasteiger partial charge is 0.466 e. The number of aromatic nitrogens is 2. The van der Waals surface area contributed by atoms with Gasteiger partial charge in [0.05, 0.1) is 17.9 Å². The molecule has 3 heterocycles. The fourth-order valence-electron chi connectivity index (χ4n) is 3.88. The number of halogens is 2. The number of fused-ring (bicyclic) bond motifs is 1. The van der Waals surface area contributed by atoms with Gasteiger partial charge in [-0.2, -0.15) is 4.98 Å². The molecule has 3 aromatic rings. The lowest BCUT2D eigenvalue weighted by atomic mass is 9.97. The smallest absolute Gasteiger partial charge is 0.310 e. The third kappa shape index (κ3) is 3.94. The second-order valence-corrected chi connectivity index (χ2v) is 8.62. The minimum atomic E-state index is -0.279. The maximum absolute atomic E-state index is 13.5. The van der Waals surface area contributed by atoms with Crippen molar-refractivity contribution in [3.05, 3.63) is 40.2 Å². The molecule has 152 valence electrons. The van der Waals surface area contributed by atoms with Crippen LogP contribution in [0.2, 0.25) is 5.28 Å². The average Bonchev–Trinajstić information content (AvgIpc) is 3.03. The Labute approximate surface area is 177 Å². The summed E-state index contributed by atoms with van der Waals surface area (Å²) in [5, 5.41) is 1.07. The van der Waals surface area contributed by atoms with Gasteiger partial charge in [-0.3, -0.25) is 4.79 Å². The van der Waals surface area contributed by atoms with Gasteiger partial charge in [0, 0.05) is 23.5 Å². The van der Waals surface area contributed by atoms with E-state index >= 15 is 0 Å². The quantitative estimate of drug-likeness (QED) is 0.416. The number of aryl methyl sites for hydroxylation is 1. The van der Waals surface area contributed by atoms with Crippen molar-refractivity contribution in [2.24, 2.45) is 5.92 Å². The van der Waals surface area contributed by atoms with Crippen molar-refractivity contribution in [2.45, 2.75) is 26.7 Å². The molecule has 1 unspecified atom stereocenters. The van der Waals surface area contributed by atoms with Gasteiger partial charge in [-0.25, -0.2) is 9.37 Å². The highest BCUT2D eigenvalue weighted by atomic mass is 35.5. The van der Waals surface area contributed by atoms with E-state index in [0.29, 0.717) is 13.2 Å². The summed E-state index contributed by atoms with van der Waals surface area (Å²) in [5.74, 6) is 0.0757. The van der Waals surface area contributed by atoms with Crippen LogP contribution >= 0.6 is 22.9 Å². The maximum atomic E-state index is 13.5. The zero-order valence-corrected chi connectivity index (χ0v) is 17.8. The molecule has 4 rings (SSSR count). The molecule has 1 atom stereocenters. The minimum absolute atomic E-state index is 0.172. The van der Waals surface area contributed by atoms with Gasteiger partial charge in [0.2, 0.25) is 5.28 Å². The Morgan fingerprint density at radius 3 is 2.83 bits per heavy atom. The van der Waals surface area contributed by atoms with Crippen LogP contribution in [0.25, 0.3) is 21.3 Å². The second kappa shape index (κ2) is 8.24. The average molecular weight is 434 g/mol. The van der Waals surface area contributed by atoms with Gasteiger partial charge in [-0.05, 0) is 56.0 Å². The number of hydrogen-bond donors (Lipinski definition) is 0. The first kappa shape index (κ1) is 20.0. The van der Waals surface area contributed by atoms with Gasteiger partial charge in [0.1, 0.15) is 16.5 Å². The number of hydrogen-bond acceptors (Lipinski definition) is 6. The summed E-state index contributed by atoms with van der Waals surface area (Å²) in [5.41, 5.74) is 1.89. The number of benzene rings is 1. The molecule has 0 bridgehead atoms. The highest BCUT2D eigenvalue weighted by molar-refractivity contribution is 7.19. The van der Waals surface area contributed by atoms with Crippen LogP contribution in [0.1, 0.15) is 24.6 Å². The number of nitrogens with zero attached hydrogens (tertiary/aromatic N) is 3. The standard InChI is InChI=1S/C21H21ClFN3O2S/c1-3-28-20(27)14-5-4-10-26(11-14)18-17-16(13-6-8-15(23)9-7-13)12(2)29-19(17)25-21(22)24-18/h6-9,14H,3-5,10-11H2,1-2H3. The topological polar surface area (TPSA) is 55.3 Å². The Morgan fingerprint density at radius 1 is 1.34 bits per heavy atom. The summed E-state index contributed by atoms with van der Waals surface area (Å²) < 4.78 is 18.7. The van der Waals surface area contributed by atoms with Crippen LogP contribution in [-0.4, -0.2) is 35.6 Å². The van der Waals surface area contributed by atoms with E-state index in [1.54, 1.807) is 12.1 Å². The zero-order valence-electron chi connectivity index (χ0n) is 16.2. The molecule has 0 saturated carbocycles. The molecule has 1 saturated heterocycles. The molecule has 2 aromatic heterocycles. The molecule has 0 N–H and O–H groups in total. The highest BCUT2D eigenvalue weighted by Crippen LogP contribution is 2.43. The molecule has 0 amide bonds. The van der Waals surface area contributed by atoms with Crippen LogP contribution in [-0.2, 0) is 9.53 Å². The summed E-state index contributed by atoms with van der Waals surface area (Å²) in [4.78, 5) is 25.2. The SMILES string of the molecule is CCOC(=O)C1CCCN(c2nc(Cl)nc3sc(C)c(-c4ccc(F)cc4)c23)C1. The first-order chi connectivity index (χ1) is 14.0. The lowest BCUT2D eigenvalue weighted by molar-refractivity contribution is -0.148. The van der Waals surface area contributed by atoms with E-state index in [4.69, 9.17) is 16.3 Å². The van der Waals surface area contributed by atoms with Crippen LogP contribution in [0.3, 0.4) is 0 Å². The van der Waals surface area contributed by atoms with Crippen molar-refractivity contribution in [3.63, 3.8) is 0 Å². The number of esters is 1. The van der Waals surface area contributed by atoms with Crippen molar-refractivity contribution in [3.8, 4) is 11.1 Å². The van der Waals surface area contributed by atoms with E-state index in [2.05, 4.69) is 14.9 Å². The summed E-state index contributed by atoms with van der Waals surface area (Å²) in [6.07, 6.45) is 1.66. The second-order valence-electron chi connectivity index (χ2n) is 7.07. The molecule has 0 radical (unpaired) electrons. The normalized spacial score (nSPS) is 17.0. The molecule has 1 aliphatic rings. The Hall–Kier alpha value is -2.25. The third-order valence-electron chi connectivity index (χ3n) is 5.16. The summed E-state index contributed by atoms with van der Waals surface area (Å²) >= 11 is 7.77. The van der Waals surface area contributed by atoms with Crippen molar-refractivity contribution >= 4 is 44.9 Å². The summed E-state index contributed by atoms with van der Waals surface area (Å²) in [6.45, 7) is 5.50. The number of ether oxygens (including phenoxy) is 1. The predicted molar refractivity (Wildman–Crippen MR) is 114 cm³/mol.